The number of methoxy groups -OCH3 is 1. The molecule has 0 bridgehead atoms. The minimum absolute atomic E-state index is 0.0481. The highest BCUT2D eigenvalue weighted by atomic mass is 32.2. The maximum atomic E-state index is 12.9. The molecule has 0 amide bonds. The second-order valence-electron chi connectivity index (χ2n) is 9.13. The molecule has 3 nitrogen and oxygen atoms in total. The second-order valence-corrected chi connectivity index (χ2v) is 10.2. The summed E-state index contributed by atoms with van der Waals surface area (Å²) in [5.74, 6) is -0.461. The van der Waals surface area contributed by atoms with Gasteiger partial charge in [0.15, 0.2) is 0 Å². The number of hydrogen-bond donors (Lipinski definition) is 1. The lowest BCUT2D eigenvalue weighted by atomic mass is 9.94. The van der Waals surface area contributed by atoms with Crippen LogP contribution in [-0.4, -0.2) is 18.2 Å². The van der Waals surface area contributed by atoms with Crippen LogP contribution < -0.4 is 0 Å². The average Bonchev–Trinajstić information content (AvgIpc) is 2.88. The van der Waals surface area contributed by atoms with Gasteiger partial charge >= 0.3 is 5.97 Å². The van der Waals surface area contributed by atoms with Gasteiger partial charge in [0, 0.05) is 15.4 Å². The Bertz CT molecular complexity index is 1070. The van der Waals surface area contributed by atoms with E-state index in [4.69, 9.17) is 4.74 Å². The molecule has 0 unspecified atom stereocenters. The largest absolute Gasteiger partial charge is 0.507 e. The molecular weight excluding hydrogens is 452 g/mol. The number of ether oxygens (including phenoxy) is 1. The number of carbonyl (C=O) groups excluding carboxylic acids is 1. The molecule has 35 heavy (non-hydrogen) atoms. The van der Waals surface area contributed by atoms with Crippen LogP contribution >= 0.6 is 11.8 Å². The molecule has 0 saturated heterocycles. The number of hydrogen-bond acceptors (Lipinski definition) is 4. The molecule has 0 fully saturated rings. The molecule has 0 heterocycles. The summed E-state index contributed by atoms with van der Waals surface area (Å²) in [5, 5.41) is 11.2. The summed E-state index contributed by atoms with van der Waals surface area (Å²) in [6.07, 6.45) is 10.5. The lowest BCUT2D eigenvalue weighted by Crippen LogP contribution is -2.07. The van der Waals surface area contributed by atoms with E-state index in [1.165, 1.54) is 51.2 Å². The van der Waals surface area contributed by atoms with Gasteiger partial charge in [-0.15, -0.1) is 0 Å². The number of carbonyl (C=O) groups is 1. The van der Waals surface area contributed by atoms with Gasteiger partial charge in [-0.3, -0.25) is 0 Å². The molecular formula is C31H38O3S. The zero-order chi connectivity index (χ0) is 25.0. The van der Waals surface area contributed by atoms with Crippen LogP contribution in [0.15, 0.2) is 70.5 Å². The Labute approximate surface area is 214 Å². The van der Waals surface area contributed by atoms with Crippen molar-refractivity contribution in [2.75, 3.05) is 7.11 Å². The molecule has 186 valence electrons. The Morgan fingerprint density at radius 1 is 0.886 bits per heavy atom. The van der Waals surface area contributed by atoms with Crippen molar-refractivity contribution in [3.05, 3.63) is 77.4 Å². The first-order valence-corrected chi connectivity index (χ1v) is 13.6. The highest BCUT2D eigenvalue weighted by Gasteiger charge is 2.25. The fourth-order valence-corrected chi connectivity index (χ4v) is 5.40. The van der Waals surface area contributed by atoms with Crippen LogP contribution in [0.4, 0.5) is 0 Å². The summed E-state index contributed by atoms with van der Waals surface area (Å²) in [5.41, 5.74) is 3.88. The van der Waals surface area contributed by atoms with E-state index in [9.17, 15) is 9.90 Å². The van der Waals surface area contributed by atoms with E-state index in [0.29, 0.717) is 0 Å². The van der Waals surface area contributed by atoms with E-state index in [-0.39, 0.29) is 11.3 Å². The second kappa shape index (κ2) is 14.0. The van der Waals surface area contributed by atoms with Crippen molar-refractivity contribution in [1.29, 1.82) is 0 Å². The molecule has 0 spiro atoms. The highest BCUT2D eigenvalue weighted by molar-refractivity contribution is 7.99. The number of aryl methyl sites for hydroxylation is 2. The van der Waals surface area contributed by atoms with Crippen LogP contribution in [0.1, 0.15) is 79.8 Å². The van der Waals surface area contributed by atoms with E-state index in [1.807, 2.05) is 30.3 Å². The van der Waals surface area contributed by atoms with Crippen LogP contribution in [0.2, 0.25) is 0 Å². The van der Waals surface area contributed by atoms with Gasteiger partial charge in [-0.1, -0.05) is 112 Å². The number of unbranched alkanes of at least 4 members (excludes halogenated alkanes) is 7. The zero-order valence-electron chi connectivity index (χ0n) is 21.3. The predicted octanol–water partition coefficient (Wildman–Crippen LogP) is 8.99. The van der Waals surface area contributed by atoms with Crippen molar-refractivity contribution < 1.29 is 14.6 Å². The highest BCUT2D eigenvalue weighted by Crippen LogP contribution is 2.44. The van der Waals surface area contributed by atoms with Crippen molar-refractivity contribution in [3.8, 4) is 16.9 Å². The normalized spacial score (nSPS) is 10.9. The van der Waals surface area contributed by atoms with Gasteiger partial charge in [-0.05, 0) is 49.1 Å². The molecule has 4 heteroatoms. The number of esters is 1. The number of phenolic OH excluding ortho intramolecular Hbond substituents is 1. The van der Waals surface area contributed by atoms with Crippen LogP contribution in [0.5, 0.6) is 5.75 Å². The Hall–Kier alpha value is -2.72. The monoisotopic (exact) mass is 490 g/mol. The van der Waals surface area contributed by atoms with Crippen molar-refractivity contribution in [2.24, 2.45) is 0 Å². The summed E-state index contributed by atoms with van der Waals surface area (Å²) in [6.45, 7) is 4.31. The van der Waals surface area contributed by atoms with E-state index < -0.39 is 5.97 Å². The van der Waals surface area contributed by atoms with Gasteiger partial charge in [0.05, 0.1) is 7.11 Å². The van der Waals surface area contributed by atoms with E-state index in [1.54, 1.807) is 11.8 Å². The third kappa shape index (κ3) is 7.63. The van der Waals surface area contributed by atoms with Crippen LogP contribution in [-0.2, 0) is 11.2 Å². The number of phenols is 1. The first-order chi connectivity index (χ1) is 17.0. The van der Waals surface area contributed by atoms with Crippen molar-refractivity contribution in [3.63, 3.8) is 0 Å². The Morgan fingerprint density at radius 3 is 2.14 bits per heavy atom. The van der Waals surface area contributed by atoms with E-state index in [0.717, 1.165) is 45.7 Å². The minimum atomic E-state index is -0.509. The van der Waals surface area contributed by atoms with Crippen molar-refractivity contribution in [1.82, 2.24) is 0 Å². The summed E-state index contributed by atoms with van der Waals surface area (Å²) in [4.78, 5) is 15.0. The molecule has 3 aromatic rings. The Balaban J connectivity index is 1.92. The minimum Gasteiger partial charge on any atom is -0.507 e. The van der Waals surface area contributed by atoms with Gasteiger partial charge in [0.2, 0.25) is 0 Å². The SMILES string of the molecule is CCCCCCCCCCc1cc(Sc2ccc(C)cc2)c(-c2ccccc2)c(C(=O)OC)c1O. The zero-order valence-corrected chi connectivity index (χ0v) is 22.1. The topological polar surface area (TPSA) is 46.5 Å². The molecule has 0 saturated carbocycles. The molecule has 1 N–H and O–H groups in total. The summed E-state index contributed by atoms with van der Waals surface area (Å²) < 4.78 is 5.14. The Kier molecular flexibility index (Phi) is 10.7. The van der Waals surface area contributed by atoms with Crippen LogP contribution in [0, 0.1) is 6.92 Å². The smallest absolute Gasteiger partial charge is 0.342 e. The number of aromatic hydroxyl groups is 1. The van der Waals surface area contributed by atoms with Gasteiger partial charge in [0.1, 0.15) is 11.3 Å². The van der Waals surface area contributed by atoms with Gasteiger partial charge < -0.3 is 9.84 Å². The van der Waals surface area contributed by atoms with Crippen LogP contribution in [0.3, 0.4) is 0 Å². The van der Waals surface area contributed by atoms with Crippen molar-refractivity contribution in [2.45, 2.75) is 81.4 Å². The van der Waals surface area contributed by atoms with E-state index in [2.05, 4.69) is 44.2 Å². The van der Waals surface area contributed by atoms with Gasteiger partial charge in [-0.2, -0.15) is 0 Å². The molecule has 0 aliphatic rings. The fraction of sp³-hybridized carbons (Fsp3) is 0.387. The summed E-state index contributed by atoms with van der Waals surface area (Å²) >= 11 is 1.62. The first kappa shape index (κ1) is 26.9. The molecule has 0 aliphatic carbocycles. The molecule has 0 atom stereocenters. The molecule has 3 aromatic carbocycles. The Morgan fingerprint density at radius 2 is 1.51 bits per heavy atom. The molecule has 0 aliphatic heterocycles. The molecule has 3 rings (SSSR count). The van der Waals surface area contributed by atoms with E-state index >= 15 is 0 Å². The maximum Gasteiger partial charge on any atom is 0.342 e. The van der Waals surface area contributed by atoms with Crippen molar-refractivity contribution >= 4 is 17.7 Å². The van der Waals surface area contributed by atoms with Gasteiger partial charge in [0.25, 0.3) is 0 Å². The third-order valence-corrected chi connectivity index (χ3v) is 7.39. The lowest BCUT2D eigenvalue weighted by molar-refractivity contribution is 0.0598. The lowest BCUT2D eigenvalue weighted by Gasteiger charge is -2.19. The molecule has 0 aromatic heterocycles. The fourth-order valence-electron chi connectivity index (χ4n) is 4.35. The maximum absolute atomic E-state index is 12.9. The quantitative estimate of drug-likeness (QED) is 0.192. The molecule has 0 radical (unpaired) electrons. The summed E-state index contributed by atoms with van der Waals surface area (Å²) in [6, 6.07) is 20.2. The number of benzene rings is 3. The third-order valence-electron chi connectivity index (χ3n) is 6.34. The first-order valence-electron chi connectivity index (χ1n) is 12.8. The average molecular weight is 491 g/mol. The predicted molar refractivity (Wildman–Crippen MR) is 146 cm³/mol. The summed E-state index contributed by atoms with van der Waals surface area (Å²) in [7, 11) is 1.37. The van der Waals surface area contributed by atoms with Crippen LogP contribution in [0.25, 0.3) is 11.1 Å². The number of rotatable bonds is 13. The van der Waals surface area contributed by atoms with Gasteiger partial charge in [-0.25, -0.2) is 4.79 Å². The standard InChI is InChI=1S/C31H38O3S/c1-4-5-6-7-8-9-10-12-17-25-22-27(35-26-20-18-23(2)19-21-26)28(24-15-13-11-14-16-24)29(30(25)32)31(33)34-3/h11,13-16,18-22,32H,4-10,12,17H2,1-3H3.